The van der Waals surface area contributed by atoms with Crippen LogP contribution in [0.4, 0.5) is 0 Å². The van der Waals surface area contributed by atoms with E-state index < -0.39 is 0 Å². The maximum atomic E-state index is 12.0. The molecule has 1 aliphatic rings. The molecule has 100 valence electrons. The fourth-order valence-corrected chi connectivity index (χ4v) is 1.98. The van der Waals surface area contributed by atoms with E-state index in [4.69, 9.17) is 4.74 Å². The minimum absolute atomic E-state index is 0.00293. The SMILES string of the molecule is CC(C)C(Cn1nccn1)NC(=O)C1CCOC1. The van der Waals surface area contributed by atoms with Crippen LogP contribution in [-0.2, 0) is 16.1 Å². The van der Waals surface area contributed by atoms with Crippen molar-refractivity contribution < 1.29 is 9.53 Å². The Kier molecular flexibility index (Phi) is 4.30. The van der Waals surface area contributed by atoms with Crippen molar-refractivity contribution in [1.29, 1.82) is 0 Å². The molecule has 0 radical (unpaired) electrons. The molecule has 0 bridgehead atoms. The van der Waals surface area contributed by atoms with E-state index in [0.717, 1.165) is 6.42 Å². The summed E-state index contributed by atoms with van der Waals surface area (Å²) in [5.41, 5.74) is 0. The molecule has 2 unspecified atom stereocenters. The number of rotatable bonds is 5. The number of carbonyl (C=O) groups is 1. The van der Waals surface area contributed by atoms with Crippen molar-refractivity contribution in [2.24, 2.45) is 11.8 Å². The van der Waals surface area contributed by atoms with Crippen molar-refractivity contribution in [3.63, 3.8) is 0 Å². The Balaban J connectivity index is 1.91. The molecule has 6 heteroatoms. The quantitative estimate of drug-likeness (QED) is 0.826. The van der Waals surface area contributed by atoms with Crippen molar-refractivity contribution >= 4 is 5.91 Å². The molecule has 0 aliphatic carbocycles. The number of aromatic nitrogens is 3. The fourth-order valence-electron chi connectivity index (χ4n) is 1.98. The lowest BCUT2D eigenvalue weighted by Crippen LogP contribution is -2.44. The summed E-state index contributed by atoms with van der Waals surface area (Å²) in [5, 5.41) is 11.2. The molecule has 1 aliphatic heterocycles. The van der Waals surface area contributed by atoms with Crippen LogP contribution in [0.1, 0.15) is 20.3 Å². The summed E-state index contributed by atoms with van der Waals surface area (Å²) in [6.07, 6.45) is 4.10. The zero-order valence-electron chi connectivity index (χ0n) is 10.9. The summed E-state index contributed by atoms with van der Waals surface area (Å²) in [4.78, 5) is 13.7. The smallest absolute Gasteiger partial charge is 0.225 e. The van der Waals surface area contributed by atoms with Crippen molar-refractivity contribution in [1.82, 2.24) is 20.3 Å². The summed E-state index contributed by atoms with van der Waals surface area (Å²) in [7, 11) is 0. The van der Waals surface area contributed by atoms with Crippen LogP contribution < -0.4 is 5.32 Å². The molecule has 1 saturated heterocycles. The second-order valence-electron chi connectivity index (χ2n) is 5.00. The maximum Gasteiger partial charge on any atom is 0.225 e. The minimum atomic E-state index is -0.00293. The second-order valence-corrected chi connectivity index (χ2v) is 5.00. The highest BCUT2D eigenvalue weighted by Gasteiger charge is 2.26. The Labute approximate surface area is 107 Å². The number of hydrogen-bond donors (Lipinski definition) is 1. The van der Waals surface area contributed by atoms with Gasteiger partial charge in [0.05, 0.1) is 37.5 Å². The number of hydrogen-bond acceptors (Lipinski definition) is 4. The van der Waals surface area contributed by atoms with Crippen LogP contribution in [-0.4, -0.2) is 40.2 Å². The van der Waals surface area contributed by atoms with Crippen LogP contribution in [0.15, 0.2) is 12.4 Å². The highest BCUT2D eigenvalue weighted by Crippen LogP contribution is 2.13. The van der Waals surface area contributed by atoms with Gasteiger partial charge in [0.25, 0.3) is 0 Å². The minimum Gasteiger partial charge on any atom is -0.381 e. The van der Waals surface area contributed by atoms with E-state index in [1.54, 1.807) is 17.2 Å². The van der Waals surface area contributed by atoms with Crippen molar-refractivity contribution in [2.45, 2.75) is 32.9 Å². The van der Waals surface area contributed by atoms with Crippen molar-refractivity contribution in [2.75, 3.05) is 13.2 Å². The molecular formula is C12H20N4O2. The number of ether oxygens (including phenoxy) is 1. The lowest BCUT2D eigenvalue weighted by atomic mass is 10.0. The summed E-state index contributed by atoms with van der Waals surface area (Å²) in [6.45, 7) is 5.99. The Morgan fingerprint density at radius 2 is 2.22 bits per heavy atom. The topological polar surface area (TPSA) is 69.0 Å². The summed E-state index contributed by atoms with van der Waals surface area (Å²) in [5.74, 6) is 0.414. The van der Waals surface area contributed by atoms with Gasteiger partial charge in [-0.2, -0.15) is 15.0 Å². The number of amides is 1. The predicted molar refractivity (Wildman–Crippen MR) is 65.7 cm³/mol. The van der Waals surface area contributed by atoms with Crippen LogP contribution in [0.3, 0.4) is 0 Å². The van der Waals surface area contributed by atoms with Crippen molar-refractivity contribution in [3.05, 3.63) is 12.4 Å². The van der Waals surface area contributed by atoms with E-state index in [9.17, 15) is 4.79 Å². The fraction of sp³-hybridized carbons (Fsp3) is 0.750. The van der Waals surface area contributed by atoms with Gasteiger partial charge < -0.3 is 10.1 Å². The summed E-state index contributed by atoms with van der Waals surface area (Å²) < 4.78 is 5.24. The van der Waals surface area contributed by atoms with Gasteiger partial charge in [-0.25, -0.2) is 0 Å². The van der Waals surface area contributed by atoms with Gasteiger partial charge in [0, 0.05) is 6.61 Å². The number of nitrogens with zero attached hydrogens (tertiary/aromatic N) is 3. The van der Waals surface area contributed by atoms with Crippen LogP contribution in [0.2, 0.25) is 0 Å². The molecule has 1 amide bonds. The Morgan fingerprint density at radius 1 is 1.50 bits per heavy atom. The zero-order valence-corrected chi connectivity index (χ0v) is 10.9. The van der Waals surface area contributed by atoms with Gasteiger partial charge in [0.2, 0.25) is 5.91 Å². The third-order valence-electron chi connectivity index (χ3n) is 3.26. The van der Waals surface area contributed by atoms with Gasteiger partial charge in [-0.15, -0.1) is 0 Å². The first-order valence-electron chi connectivity index (χ1n) is 6.39. The Hall–Kier alpha value is -1.43. The monoisotopic (exact) mass is 252 g/mol. The standard InChI is InChI=1S/C12H20N4O2/c1-9(2)11(7-16-13-4-5-14-16)15-12(17)10-3-6-18-8-10/h4-5,9-11H,3,6-8H2,1-2H3,(H,15,17). The number of nitrogens with one attached hydrogen (secondary N) is 1. The zero-order chi connectivity index (χ0) is 13.0. The van der Waals surface area contributed by atoms with Gasteiger partial charge in [-0.1, -0.05) is 13.8 Å². The van der Waals surface area contributed by atoms with Gasteiger partial charge >= 0.3 is 0 Å². The first-order chi connectivity index (χ1) is 8.66. The van der Waals surface area contributed by atoms with Crippen LogP contribution in [0.5, 0.6) is 0 Å². The Morgan fingerprint density at radius 3 is 2.78 bits per heavy atom. The highest BCUT2D eigenvalue weighted by atomic mass is 16.5. The van der Waals surface area contributed by atoms with Crippen LogP contribution in [0, 0.1) is 11.8 Å². The molecule has 0 spiro atoms. The molecule has 1 fully saturated rings. The van der Waals surface area contributed by atoms with Gasteiger partial charge in [0.1, 0.15) is 0 Å². The van der Waals surface area contributed by atoms with Gasteiger partial charge in [-0.3, -0.25) is 4.79 Å². The molecule has 0 saturated carbocycles. The molecule has 0 aromatic carbocycles. The summed E-state index contributed by atoms with van der Waals surface area (Å²) >= 11 is 0. The normalized spacial score (nSPS) is 21.2. The highest BCUT2D eigenvalue weighted by molar-refractivity contribution is 5.79. The van der Waals surface area contributed by atoms with Crippen molar-refractivity contribution in [3.8, 4) is 0 Å². The third-order valence-corrected chi connectivity index (χ3v) is 3.26. The molecule has 18 heavy (non-hydrogen) atoms. The molecule has 1 N–H and O–H groups in total. The van der Waals surface area contributed by atoms with E-state index in [0.29, 0.717) is 25.7 Å². The van der Waals surface area contributed by atoms with Gasteiger partial charge in [-0.05, 0) is 12.3 Å². The number of carbonyl (C=O) groups excluding carboxylic acids is 1. The third kappa shape index (κ3) is 3.29. The first-order valence-corrected chi connectivity index (χ1v) is 6.39. The van der Waals surface area contributed by atoms with E-state index in [1.807, 2.05) is 0 Å². The van der Waals surface area contributed by atoms with E-state index >= 15 is 0 Å². The first kappa shape index (κ1) is 13.0. The average molecular weight is 252 g/mol. The largest absolute Gasteiger partial charge is 0.381 e. The molecule has 6 nitrogen and oxygen atoms in total. The molecule has 2 atom stereocenters. The lowest BCUT2D eigenvalue weighted by Gasteiger charge is -2.23. The van der Waals surface area contributed by atoms with E-state index in [1.165, 1.54) is 0 Å². The van der Waals surface area contributed by atoms with Crippen LogP contribution >= 0.6 is 0 Å². The maximum absolute atomic E-state index is 12.0. The Bertz CT molecular complexity index is 371. The lowest BCUT2D eigenvalue weighted by molar-refractivity contribution is -0.126. The predicted octanol–water partition coefficient (Wildman–Crippen LogP) is 0.455. The molecule has 2 heterocycles. The van der Waals surface area contributed by atoms with E-state index in [2.05, 4.69) is 29.4 Å². The van der Waals surface area contributed by atoms with Crippen LogP contribution in [0.25, 0.3) is 0 Å². The molecule has 1 aromatic heterocycles. The molecular weight excluding hydrogens is 232 g/mol. The van der Waals surface area contributed by atoms with E-state index in [-0.39, 0.29) is 17.9 Å². The van der Waals surface area contributed by atoms with Gasteiger partial charge in [0.15, 0.2) is 0 Å². The average Bonchev–Trinajstić information content (AvgIpc) is 3.00. The second kappa shape index (κ2) is 5.95. The molecule has 1 aromatic rings. The summed E-state index contributed by atoms with van der Waals surface area (Å²) in [6, 6.07) is 0.0468. The molecule has 2 rings (SSSR count).